The summed E-state index contributed by atoms with van der Waals surface area (Å²) < 4.78 is 6.20. The van der Waals surface area contributed by atoms with Crippen molar-refractivity contribution in [3.63, 3.8) is 0 Å². The van der Waals surface area contributed by atoms with Gasteiger partial charge in [0, 0.05) is 30.5 Å². The van der Waals surface area contributed by atoms with E-state index in [0.29, 0.717) is 6.61 Å². The molecular weight excluding hydrogens is 262 g/mol. The normalized spacial score (nSPS) is 20.0. The number of hydrogen-bond donors (Lipinski definition) is 1. The van der Waals surface area contributed by atoms with Crippen molar-refractivity contribution >= 4 is 0 Å². The van der Waals surface area contributed by atoms with E-state index < -0.39 is 0 Å². The summed E-state index contributed by atoms with van der Waals surface area (Å²) in [7, 11) is 0. The molecule has 118 valence electrons. The van der Waals surface area contributed by atoms with E-state index in [9.17, 15) is 0 Å². The number of rotatable bonds is 5. The Kier molecular flexibility index (Phi) is 5.71. The lowest BCUT2D eigenvalue weighted by Gasteiger charge is -2.31. The first-order chi connectivity index (χ1) is 10.1. The molecule has 1 heterocycles. The average molecular weight is 291 g/mol. The number of aryl methyl sites for hydroxylation is 1. The van der Waals surface area contributed by atoms with Gasteiger partial charge in [-0.3, -0.25) is 0 Å². The molecule has 2 N–H and O–H groups in total. The molecule has 0 bridgehead atoms. The van der Waals surface area contributed by atoms with Gasteiger partial charge in [-0.2, -0.15) is 0 Å². The first-order valence-corrected chi connectivity index (χ1v) is 8.30. The Hall–Kier alpha value is -1.00. The van der Waals surface area contributed by atoms with E-state index in [1.807, 2.05) is 19.9 Å². The van der Waals surface area contributed by atoms with Gasteiger partial charge < -0.3 is 10.5 Å². The molecule has 1 unspecified atom stereocenters. The fraction of sp³-hybridized carbons (Fsp3) is 0.765. The van der Waals surface area contributed by atoms with Crippen LogP contribution in [0.15, 0.2) is 6.07 Å². The average Bonchev–Trinajstić information content (AvgIpc) is 2.64. The summed E-state index contributed by atoms with van der Waals surface area (Å²) in [5.41, 5.74) is 7.69. The van der Waals surface area contributed by atoms with Crippen LogP contribution in [0.4, 0.5) is 0 Å². The zero-order valence-electron chi connectivity index (χ0n) is 13.7. The Balaban J connectivity index is 2.36. The van der Waals surface area contributed by atoms with Crippen molar-refractivity contribution in [2.75, 3.05) is 6.61 Å². The van der Waals surface area contributed by atoms with E-state index in [0.717, 1.165) is 36.5 Å². The standard InChI is InChI=1S/C17H29N3O/c1-4-21-17(9-7-5-6-8-10-17)16-19-14(3)12-15(20-16)11-13(2)18/h12-13H,4-11,18H2,1-3H3. The molecule has 1 aliphatic carbocycles. The lowest BCUT2D eigenvalue weighted by molar-refractivity contribution is -0.0626. The molecule has 1 fully saturated rings. The Morgan fingerprint density at radius 3 is 2.48 bits per heavy atom. The molecule has 4 nitrogen and oxygen atoms in total. The summed E-state index contributed by atoms with van der Waals surface area (Å²) in [6.45, 7) is 6.82. The van der Waals surface area contributed by atoms with Gasteiger partial charge in [-0.15, -0.1) is 0 Å². The molecule has 21 heavy (non-hydrogen) atoms. The van der Waals surface area contributed by atoms with Crippen molar-refractivity contribution < 1.29 is 4.74 Å². The summed E-state index contributed by atoms with van der Waals surface area (Å²) >= 11 is 0. The highest BCUT2D eigenvalue weighted by Gasteiger charge is 2.36. The number of ether oxygens (including phenoxy) is 1. The molecule has 1 atom stereocenters. The van der Waals surface area contributed by atoms with Gasteiger partial charge in [-0.1, -0.05) is 25.7 Å². The summed E-state index contributed by atoms with van der Waals surface area (Å²) in [5, 5.41) is 0. The van der Waals surface area contributed by atoms with E-state index >= 15 is 0 Å². The minimum atomic E-state index is -0.288. The van der Waals surface area contributed by atoms with Crippen molar-refractivity contribution in [1.29, 1.82) is 0 Å². The maximum absolute atomic E-state index is 6.20. The molecule has 0 aromatic carbocycles. The van der Waals surface area contributed by atoms with Crippen molar-refractivity contribution in [3.8, 4) is 0 Å². The van der Waals surface area contributed by atoms with Crippen LogP contribution in [0.5, 0.6) is 0 Å². The van der Waals surface area contributed by atoms with Crippen LogP contribution in [0.1, 0.15) is 69.6 Å². The first-order valence-electron chi connectivity index (χ1n) is 8.30. The SMILES string of the molecule is CCOC1(c2nc(C)cc(CC(C)N)n2)CCCCCC1. The van der Waals surface area contributed by atoms with E-state index in [1.165, 1.54) is 25.7 Å². The Bertz CT molecular complexity index is 451. The summed E-state index contributed by atoms with van der Waals surface area (Å²) in [5.74, 6) is 0.877. The Morgan fingerprint density at radius 2 is 1.90 bits per heavy atom. The minimum Gasteiger partial charge on any atom is -0.367 e. The smallest absolute Gasteiger partial charge is 0.160 e. The second kappa shape index (κ2) is 7.32. The second-order valence-electron chi connectivity index (χ2n) is 6.35. The first kappa shape index (κ1) is 16.4. The zero-order chi connectivity index (χ0) is 15.3. The quantitative estimate of drug-likeness (QED) is 0.846. The van der Waals surface area contributed by atoms with Gasteiger partial charge in [0.1, 0.15) is 5.60 Å². The number of nitrogens with two attached hydrogens (primary N) is 1. The molecule has 0 spiro atoms. The molecule has 4 heteroatoms. The second-order valence-corrected chi connectivity index (χ2v) is 6.35. The van der Waals surface area contributed by atoms with E-state index in [-0.39, 0.29) is 11.6 Å². The fourth-order valence-electron chi connectivity index (χ4n) is 3.28. The van der Waals surface area contributed by atoms with Crippen LogP contribution < -0.4 is 5.73 Å². The molecule has 0 saturated heterocycles. The third-order valence-corrected chi connectivity index (χ3v) is 4.18. The molecule has 1 aliphatic rings. The van der Waals surface area contributed by atoms with Crippen LogP contribution in [0.3, 0.4) is 0 Å². The third kappa shape index (κ3) is 4.24. The van der Waals surface area contributed by atoms with Crippen LogP contribution >= 0.6 is 0 Å². The Labute approximate surface area is 128 Å². The lowest BCUT2D eigenvalue weighted by atomic mass is 9.92. The molecule has 0 amide bonds. The Morgan fingerprint density at radius 1 is 1.24 bits per heavy atom. The van der Waals surface area contributed by atoms with Gasteiger partial charge >= 0.3 is 0 Å². The number of aromatic nitrogens is 2. The summed E-state index contributed by atoms with van der Waals surface area (Å²) in [4.78, 5) is 9.53. The zero-order valence-corrected chi connectivity index (χ0v) is 13.7. The summed E-state index contributed by atoms with van der Waals surface area (Å²) in [6.07, 6.45) is 7.81. The maximum Gasteiger partial charge on any atom is 0.160 e. The monoisotopic (exact) mass is 291 g/mol. The minimum absolute atomic E-state index is 0.115. The van der Waals surface area contributed by atoms with Crippen LogP contribution in [-0.2, 0) is 16.8 Å². The van der Waals surface area contributed by atoms with Gasteiger partial charge in [-0.25, -0.2) is 9.97 Å². The number of hydrogen-bond acceptors (Lipinski definition) is 4. The van der Waals surface area contributed by atoms with Crippen LogP contribution in [0.2, 0.25) is 0 Å². The highest BCUT2D eigenvalue weighted by Crippen LogP contribution is 2.38. The van der Waals surface area contributed by atoms with Crippen molar-refractivity contribution in [3.05, 3.63) is 23.3 Å². The largest absolute Gasteiger partial charge is 0.367 e. The molecule has 0 radical (unpaired) electrons. The predicted molar refractivity (Wildman–Crippen MR) is 85.1 cm³/mol. The molecular formula is C17H29N3O. The van der Waals surface area contributed by atoms with Crippen molar-refractivity contribution in [1.82, 2.24) is 9.97 Å². The van der Waals surface area contributed by atoms with Gasteiger partial charge in [0.15, 0.2) is 5.82 Å². The number of nitrogens with zero attached hydrogens (tertiary/aromatic N) is 2. The highest BCUT2D eigenvalue weighted by molar-refractivity contribution is 5.15. The predicted octanol–water partition coefficient (Wildman–Crippen LogP) is 3.26. The van der Waals surface area contributed by atoms with Gasteiger partial charge in [0.2, 0.25) is 0 Å². The van der Waals surface area contributed by atoms with E-state index in [2.05, 4.69) is 6.92 Å². The van der Waals surface area contributed by atoms with Gasteiger partial charge in [-0.05, 0) is 39.7 Å². The molecule has 2 rings (SSSR count). The van der Waals surface area contributed by atoms with Crippen molar-refractivity contribution in [2.24, 2.45) is 5.73 Å². The van der Waals surface area contributed by atoms with E-state index in [1.54, 1.807) is 0 Å². The lowest BCUT2D eigenvalue weighted by Crippen LogP contribution is -2.33. The topological polar surface area (TPSA) is 61.0 Å². The maximum atomic E-state index is 6.20. The fourth-order valence-corrected chi connectivity index (χ4v) is 3.28. The molecule has 1 saturated carbocycles. The van der Waals surface area contributed by atoms with Crippen LogP contribution in [0.25, 0.3) is 0 Å². The van der Waals surface area contributed by atoms with Gasteiger partial charge in [0.25, 0.3) is 0 Å². The van der Waals surface area contributed by atoms with Gasteiger partial charge in [0.05, 0.1) is 0 Å². The highest BCUT2D eigenvalue weighted by atomic mass is 16.5. The van der Waals surface area contributed by atoms with Crippen LogP contribution in [0, 0.1) is 6.92 Å². The molecule has 0 aliphatic heterocycles. The van der Waals surface area contributed by atoms with E-state index in [4.69, 9.17) is 20.4 Å². The molecule has 1 aromatic heterocycles. The van der Waals surface area contributed by atoms with Crippen molar-refractivity contribution in [2.45, 2.75) is 77.4 Å². The molecule has 1 aromatic rings. The third-order valence-electron chi connectivity index (χ3n) is 4.18. The summed E-state index contributed by atoms with van der Waals surface area (Å²) in [6, 6.07) is 2.16. The van der Waals surface area contributed by atoms with Crippen LogP contribution in [-0.4, -0.2) is 22.6 Å².